The molecule has 0 aliphatic carbocycles. The molecule has 0 unspecified atom stereocenters. The molecule has 0 saturated carbocycles. The zero-order chi connectivity index (χ0) is 16.8. The van der Waals surface area contributed by atoms with Gasteiger partial charge in [-0.1, -0.05) is 12.1 Å². The summed E-state index contributed by atoms with van der Waals surface area (Å²) in [7, 11) is 3.06. The molecule has 0 fully saturated rings. The van der Waals surface area contributed by atoms with Gasteiger partial charge < -0.3 is 14.2 Å². The molecule has 0 aromatic heterocycles. The normalized spacial score (nSPS) is 10.2. The van der Waals surface area contributed by atoms with Gasteiger partial charge in [0.15, 0.2) is 17.3 Å². The van der Waals surface area contributed by atoms with Gasteiger partial charge in [0, 0.05) is 12.7 Å². The van der Waals surface area contributed by atoms with Gasteiger partial charge in [0.25, 0.3) is 0 Å². The van der Waals surface area contributed by atoms with Gasteiger partial charge in [0.2, 0.25) is 0 Å². The van der Waals surface area contributed by atoms with Crippen molar-refractivity contribution in [2.24, 2.45) is 0 Å². The summed E-state index contributed by atoms with van der Waals surface area (Å²) < 4.78 is 15.6. The van der Waals surface area contributed by atoms with Crippen molar-refractivity contribution < 1.29 is 23.8 Å². The molecule has 0 aliphatic heterocycles. The van der Waals surface area contributed by atoms with E-state index in [1.807, 2.05) is 0 Å². The maximum Gasteiger partial charge on any atom is 0.343 e. The molecular formula is C18H18O5. The lowest BCUT2D eigenvalue weighted by atomic mass is 10.1. The topological polar surface area (TPSA) is 61.8 Å². The minimum Gasteiger partial charge on any atom is -0.493 e. The van der Waals surface area contributed by atoms with E-state index in [0.717, 1.165) is 5.56 Å². The highest BCUT2D eigenvalue weighted by Crippen LogP contribution is 2.29. The average Bonchev–Trinajstić information content (AvgIpc) is 2.56. The summed E-state index contributed by atoms with van der Waals surface area (Å²) >= 11 is 0. The van der Waals surface area contributed by atoms with Crippen LogP contribution < -0.4 is 9.47 Å². The van der Waals surface area contributed by atoms with Crippen LogP contribution in [0.2, 0.25) is 0 Å². The molecule has 2 aromatic carbocycles. The molecule has 0 bridgehead atoms. The Balaban J connectivity index is 2.17. The predicted molar refractivity (Wildman–Crippen MR) is 85.1 cm³/mol. The van der Waals surface area contributed by atoms with E-state index < -0.39 is 5.97 Å². The van der Waals surface area contributed by atoms with Gasteiger partial charge in [-0.15, -0.1) is 0 Å². The second-order valence-electron chi connectivity index (χ2n) is 4.94. The Hall–Kier alpha value is -2.66. The second-order valence-corrected chi connectivity index (χ2v) is 4.94. The van der Waals surface area contributed by atoms with Gasteiger partial charge in [-0.05, 0) is 42.8 Å². The van der Waals surface area contributed by atoms with Gasteiger partial charge in [0.05, 0.1) is 19.3 Å². The number of ketones is 1. The van der Waals surface area contributed by atoms with Crippen molar-refractivity contribution in [1.82, 2.24) is 0 Å². The second kappa shape index (κ2) is 7.56. The van der Waals surface area contributed by atoms with E-state index in [9.17, 15) is 9.59 Å². The predicted octanol–water partition coefficient (Wildman–Crippen LogP) is 3.26. The van der Waals surface area contributed by atoms with Crippen molar-refractivity contribution in [3.63, 3.8) is 0 Å². The van der Waals surface area contributed by atoms with E-state index in [2.05, 4.69) is 0 Å². The van der Waals surface area contributed by atoms with Gasteiger partial charge in [-0.3, -0.25) is 4.79 Å². The van der Waals surface area contributed by atoms with Gasteiger partial charge in [0.1, 0.15) is 0 Å². The number of methoxy groups -OCH3 is 2. The summed E-state index contributed by atoms with van der Waals surface area (Å²) in [6, 6.07) is 11.6. The average molecular weight is 314 g/mol. The van der Waals surface area contributed by atoms with Crippen LogP contribution in [0, 0.1) is 0 Å². The van der Waals surface area contributed by atoms with E-state index in [1.165, 1.54) is 14.0 Å². The molecule has 5 nitrogen and oxygen atoms in total. The lowest BCUT2D eigenvalue weighted by Gasteiger charge is -2.10. The minimum atomic E-state index is -0.497. The zero-order valence-corrected chi connectivity index (χ0v) is 13.3. The Morgan fingerprint density at radius 3 is 2.13 bits per heavy atom. The standard InChI is InChI=1S/C18H18O5/c1-12(19)15-8-9-16(17(10-15)22-3)23-18(20)14-6-4-13(5-7-14)11-21-2/h4-10H,11H2,1-3H3. The van der Waals surface area contributed by atoms with Crippen molar-refractivity contribution in [2.45, 2.75) is 13.5 Å². The van der Waals surface area contributed by atoms with Crippen LogP contribution in [-0.2, 0) is 11.3 Å². The third-order valence-electron chi connectivity index (χ3n) is 3.27. The Morgan fingerprint density at radius 2 is 1.57 bits per heavy atom. The van der Waals surface area contributed by atoms with E-state index in [1.54, 1.807) is 49.6 Å². The molecule has 5 heteroatoms. The molecule has 0 atom stereocenters. The van der Waals surface area contributed by atoms with E-state index in [4.69, 9.17) is 14.2 Å². The highest BCUT2D eigenvalue weighted by molar-refractivity contribution is 5.95. The highest BCUT2D eigenvalue weighted by Gasteiger charge is 2.14. The fraction of sp³-hybridized carbons (Fsp3) is 0.222. The third kappa shape index (κ3) is 4.17. The SMILES string of the molecule is COCc1ccc(C(=O)Oc2ccc(C(C)=O)cc2OC)cc1. The Morgan fingerprint density at radius 1 is 0.913 bits per heavy atom. The Bertz CT molecular complexity index is 704. The quantitative estimate of drug-likeness (QED) is 0.465. The maximum absolute atomic E-state index is 12.2. The highest BCUT2D eigenvalue weighted by atomic mass is 16.6. The van der Waals surface area contributed by atoms with Crippen molar-refractivity contribution in [3.8, 4) is 11.5 Å². The first-order valence-corrected chi connectivity index (χ1v) is 7.04. The van der Waals surface area contributed by atoms with Crippen molar-refractivity contribution in [2.75, 3.05) is 14.2 Å². The molecule has 120 valence electrons. The molecule has 2 rings (SSSR count). The molecule has 0 heterocycles. The number of rotatable bonds is 6. The van der Waals surface area contributed by atoms with Crippen LogP contribution in [0.5, 0.6) is 11.5 Å². The molecule has 0 radical (unpaired) electrons. The molecule has 0 aliphatic rings. The van der Waals surface area contributed by atoms with Gasteiger partial charge >= 0.3 is 5.97 Å². The maximum atomic E-state index is 12.2. The zero-order valence-electron chi connectivity index (χ0n) is 13.3. The molecule has 0 spiro atoms. The fourth-order valence-electron chi connectivity index (χ4n) is 2.03. The lowest BCUT2D eigenvalue weighted by Crippen LogP contribution is -2.09. The Kier molecular flexibility index (Phi) is 5.49. The largest absolute Gasteiger partial charge is 0.493 e. The summed E-state index contributed by atoms with van der Waals surface area (Å²) in [5.41, 5.74) is 1.88. The number of carbonyl (C=O) groups excluding carboxylic acids is 2. The molecule has 0 amide bonds. The summed E-state index contributed by atoms with van der Waals surface area (Å²) in [5, 5.41) is 0. The fourth-order valence-corrected chi connectivity index (χ4v) is 2.03. The van der Waals surface area contributed by atoms with E-state index >= 15 is 0 Å². The first-order chi connectivity index (χ1) is 11.0. The summed E-state index contributed by atoms with van der Waals surface area (Å²) in [5.74, 6) is 0.0169. The van der Waals surface area contributed by atoms with Gasteiger partial charge in [-0.25, -0.2) is 4.79 Å². The lowest BCUT2D eigenvalue weighted by molar-refractivity contribution is 0.0729. The van der Waals surface area contributed by atoms with Gasteiger partial charge in [-0.2, -0.15) is 0 Å². The van der Waals surface area contributed by atoms with E-state index in [-0.39, 0.29) is 11.5 Å². The number of hydrogen-bond acceptors (Lipinski definition) is 5. The molecule has 0 saturated heterocycles. The number of hydrogen-bond donors (Lipinski definition) is 0. The number of ether oxygens (including phenoxy) is 3. The van der Waals surface area contributed by atoms with Crippen LogP contribution >= 0.6 is 0 Å². The first-order valence-electron chi connectivity index (χ1n) is 7.04. The summed E-state index contributed by atoms with van der Waals surface area (Å²) in [6.45, 7) is 1.94. The van der Waals surface area contributed by atoms with E-state index in [0.29, 0.717) is 23.5 Å². The monoisotopic (exact) mass is 314 g/mol. The third-order valence-corrected chi connectivity index (χ3v) is 3.27. The van der Waals surface area contributed by atoms with Crippen LogP contribution in [0.3, 0.4) is 0 Å². The van der Waals surface area contributed by atoms with Crippen molar-refractivity contribution >= 4 is 11.8 Å². The smallest absolute Gasteiger partial charge is 0.343 e. The number of Topliss-reactive ketones (excluding diaryl/α,β-unsaturated/α-hetero) is 1. The molecule has 0 N–H and O–H groups in total. The van der Waals surface area contributed by atoms with Crippen LogP contribution in [0.25, 0.3) is 0 Å². The molecule has 2 aromatic rings. The van der Waals surface area contributed by atoms with Crippen LogP contribution in [0.15, 0.2) is 42.5 Å². The number of benzene rings is 2. The van der Waals surface area contributed by atoms with Crippen LogP contribution in [0.1, 0.15) is 33.2 Å². The summed E-state index contributed by atoms with van der Waals surface area (Å²) in [6.07, 6.45) is 0. The molecular weight excluding hydrogens is 296 g/mol. The Labute approximate surface area is 134 Å². The number of carbonyl (C=O) groups is 2. The summed E-state index contributed by atoms with van der Waals surface area (Å²) in [4.78, 5) is 23.6. The van der Waals surface area contributed by atoms with Crippen LogP contribution in [-0.4, -0.2) is 26.0 Å². The van der Waals surface area contributed by atoms with Crippen LogP contribution in [0.4, 0.5) is 0 Å². The first kappa shape index (κ1) is 16.7. The minimum absolute atomic E-state index is 0.0880. The molecule has 23 heavy (non-hydrogen) atoms. The van der Waals surface area contributed by atoms with Crippen molar-refractivity contribution in [1.29, 1.82) is 0 Å². The number of esters is 1. The van der Waals surface area contributed by atoms with Crippen molar-refractivity contribution in [3.05, 3.63) is 59.2 Å².